The van der Waals surface area contributed by atoms with E-state index in [9.17, 15) is 9.59 Å². The average Bonchev–Trinajstić information content (AvgIpc) is 3.13. The van der Waals surface area contributed by atoms with Crippen molar-refractivity contribution in [2.75, 3.05) is 13.1 Å². The quantitative estimate of drug-likeness (QED) is 0.773. The van der Waals surface area contributed by atoms with Crippen LogP contribution in [0.15, 0.2) is 41.8 Å². The molecule has 2 heterocycles. The lowest BCUT2D eigenvalue weighted by Crippen LogP contribution is -2.41. The minimum Gasteiger partial charge on any atom is -0.343 e. The van der Waals surface area contributed by atoms with Gasteiger partial charge in [0.2, 0.25) is 11.8 Å². The molecule has 2 aromatic rings. The summed E-state index contributed by atoms with van der Waals surface area (Å²) in [6.45, 7) is 3.00. The summed E-state index contributed by atoms with van der Waals surface area (Å²) in [5.74, 6) is 0.000488. The largest absolute Gasteiger partial charge is 0.343 e. The van der Waals surface area contributed by atoms with E-state index in [1.807, 2.05) is 17.5 Å². The number of rotatable bonds is 7. The molecule has 1 fully saturated rings. The molecule has 1 saturated heterocycles. The predicted octanol–water partition coefficient (Wildman–Crippen LogP) is 4.31. The molecule has 0 bridgehead atoms. The van der Waals surface area contributed by atoms with Gasteiger partial charge in [-0.15, -0.1) is 11.3 Å². The third kappa shape index (κ3) is 5.42. The molecule has 2 amide bonds. The van der Waals surface area contributed by atoms with Crippen LogP contribution in [0, 0.1) is 0 Å². The highest BCUT2D eigenvalue weighted by molar-refractivity contribution is 7.10. The van der Waals surface area contributed by atoms with E-state index in [0.29, 0.717) is 13.0 Å². The van der Waals surface area contributed by atoms with Crippen LogP contribution in [-0.4, -0.2) is 29.8 Å². The second-order valence-electron chi connectivity index (χ2n) is 7.13. The van der Waals surface area contributed by atoms with Crippen molar-refractivity contribution in [2.45, 2.75) is 51.5 Å². The lowest BCUT2D eigenvalue weighted by Gasteiger charge is -2.23. The highest BCUT2D eigenvalue weighted by Gasteiger charge is 2.22. The molecule has 144 valence electrons. The van der Waals surface area contributed by atoms with Crippen LogP contribution in [0.5, 0.6) is 0 Å². The Morgan fingerprint density at radius 2 is 2.00 bits per heavy atom. The number of benzene rings is 1. The summed E-state index contributed by atoms with van der Waals surface area (Å²) in [6, 6.07) is 12.4. The summed E-state index contributed by atoms with van der Waals surface area (Å²) in [5, 5.41) is 5.18. The van der Waals surface area contributed by atoms with Crippen molar-refractivity contribution in [2.24, 2.45) is 0 Å². The highest BCUT2D eigenvalue weighted by atomic mass is 32.1. The van der Waals surface area contributed by atoms with Crippen LogP contribution in [-0.2, 0) is 16.0 Å². The van der Waals surface area contributed by atoms with Gasteiger partial charge in [0.25, 0.3) is 0 Å². The fraction of sp³-hybridized carbons (Fsp3) is 0.455. The summed E-state index contributed by atoms with van der Waals surface area (Å²) in [6.07, 6.45) is 5.71. The molecule has 27 heavy (non-hydrogen) atoms. The zero-order chi connectivity index (χ0) is 19.1. The van der Waals surface area contributed by atoms with E-state index in [1.54, 1.807) is 16.2 Å². The maximum absolute atomic E-state index is 12.7. The minimum atomic E-state index is -0.171. The van der Waals surface area contributed by atoms with E-state index in [4.69, 9.17) is 0 Å². The number of nitrogens with one attached hydrogen (secondary N) is 1. The SMILES string of the molecule is CCCc1ccc(C(NC(=O)CN2CCCCCC2=O)c2cccs2)cc1. The highest BCUT2D eigenvalue weighted by Crippen LogP contribution is 2.26. The number of likely N-dealkylation sites (tertiary alicyclic amines) is 1. The lowest BCUT2D eigenvalue weighted by atomic mass is 10.0. The Bertz CT molecular complexity index is 740. The van der Waals surface area contributed by atoms with Crippen molar-refractivity contribution in [1.82, 2.24) is 10.2 Å². The van der Waals surface area contributed by atoms with Crippen molar-refractivity contribution in [3.05, 3.63) is 57.8 Å². The van der Waals surface area contributed by atoms with Crippen LogP contribution >= 0.6 is 11.3 Å². The third-order valence-electron chi connectivity index (χ3n) is 4.99. The van der Waals surface area contributed by atoms with E-state index in [1.165, 1.54) is 5.56 Å². The van der Waals surface area contributed by atoms with Gasteiger partial charge in [0.05, 0.1) is 12.6 Å². The van der Waals surface area contributed by atoms with E-state index in [-0.39, 0.29) is 24.4 Å². The van der Waals surface area contributed by atoms with E-state index in [2.05, 4.69) is 36.5 Å². The molecule has 1 N–H and O–H groups in total. The van der Waals surface area contributed by atoms with Crippen LogP contribution < -0.4 is 5.32 Å². The number of hydrogen-bond donors (Lipinski definition) is 1. The van der Waals surface area contributed by atoms with E-state index < -0.39 is 0 Å². The van der Waals surface area contributed by atoms with Gasteiger partial charge in [-0.25, -0.2) is 0 Å². The Kier molecular flexibility index (Phi) is 7.04. The van der Waals surface area contributed by atoms with Gasteiger partial charge < -0.3 is 10.2 Å². The van der Waals surface area contributed by atoms with E-state index >= 15 is 0 Å². The molecular weight excluding hydrogens is 356 g/mol. The maximum Gasteiger partial charge on any atom is 0.240 e. The molecule has 1 aliphatic heterocycles. The fourth-order valence-corrected chi connectivity index (χ4v) is 4.33. The molecule has 3 rings (SSSR count). The first-order valence-electron chi connectivity index (χ1n) is 9.86. The molecule has 1 unspecified atom stereocenters. The molecule has 1 atom stereocenters. The summed E-state index contributed by atoms with van der Waals surface area (Å²) in [5.41, 5.74) is 2.39. The van der Waals surface area contributed by atoms with Gasteiger partial charge in [0.1, 0.15) is 0 Å². The second-order valence-corrected chi connectivity index (χ2v) is 8.11. The number of thiophene rings is 1. The van der Waals surface area contributed by atoms with Crippen LogP contribution in [0.1, 0.15) is 61.1 Å². The molecule has 0 saturated carbocycles. The monoisotopic (exact) mass is 384 g/mol. The summed E-state index contributed by atoms with van der Waals surface area (Å²) in [4.78, 5) is 27.7. The standard InChI is InChI=1S/C22H28N2O2S/c1-2-7-17-10-12-18(13-11-17)22(19-8-6-15-27-19)23-20(25)16-24-14-5-3-4-9-21(24)26/h6,8,10-13,15,22H,2-5,7,9,14,16H2,1H3,(H,23,25). The number of carbonyl (C=O) groups excluding carboxylic acids is 2. The summed E-state index contributed by atoms with van der Waals surface area (Å²) in [7, 11) is 0. The molecule has 4 nitrogen and oxygen atoms in total. The zero-order valence-electron chi connectivity index (χ0n) is 15.9. The first-order chi connectivity index (χ1) is 13.2. The van der Waals surface area contributed by atoms with Crippen LogP contribution in [0.3, 0.4) is 0 Å². The van der Waals surface area contributed by atoms with Gasteiger partial charge in [-0.2, -0.15) is 0 Å². The van der Waals surface area contributed by atoms with Crippen molar-refractivity contribution in [1.29, 1.82) is 0 Å². The molecular formula is C22H28N2O2S. The van der Waals surface area contributed by atoms with Crippen molar-refractivity contribution < 1.29 is 9.59 Å². The van der Waals surface area contributed by atoms with Gasteiger partial charge in [-0.3, -0.25) is 9.59 Å². The smallest absolute Gasteiger partial charge is 0.240 e. The second kappa shape index (κ2) is 9.70. The number of amides is 2. The van der Waals surface area contributed by atoms with Crippen molar-refractivity contribution >= 4 is 23.2 Å². The molecule has 0 radical (unpaired) electrons. The van der Waals surface area contributed by atoms with Gasteiger partial charge in [-0.05, 0) is 41.8 Å². The van der Waals surface area contributed by atoms with Crippen LogP contribution in [0.2, 0.25) is 0 Å². The average molecular weight is 385 g/mol. The lowest BCUT2D eigenvalue weighted by molar-refractivity contribution is -0.135. The summed E-state index contributed by atoms with van der Waals surface area (Å²) < 4.78 is 0. The Balaban J connectivity index is 1.72. The van der Waals surface area contributed by atoms with Crippen molar-refractivity contribution in [3.8, 4) is 0 Å². The molecule has 0 aliphatic carbocycles. The fourth-order valence-electron chi connectivity index (χ4n) is 3.53. The number of aryl methyl sites for hydroxylation is 1. The maximum atomic E-state index is 12.7. The van der Waals surface area contributed by atoms with Gasteiger partial charge >= 0.3 is 0 Å². The van der Waals surface area contributed by atoms with Crippen molar-refractivity contribution in [3.63, 3.8) is 0 Å². The normalized spacial score (nSPS) is 16.0. The molecule has 5 heteroatoms. The minimum absolute atomic E-state index is 0.0960. The topological polar surface area (TPSA) is 49.4 Å². The Hall–Kier alpha value is -2.14. The molecule has 1 aromatic carbocycles. The zero-order valence-corrected chi connectivity index (χ0v) is 16.8. The third-order valence-corrected chi connectivity index (χ3v) is 5.93. The first-order valence-corrected chi connectivity index (χ1v) is 10.7. The number of carbonyl (C=O) groups is 2. The predicted molar refractivity (Wildman–Crippen MR) is 110 cm³/mol. The Morgan fingerprint density at radius 1 is 1.19 bits per heavy atom. The van der Waals surface area contributed by atoms with Crippen LogP contribution in [0.4, 0.5) is 0 Å². The molecule has 0 spiro atoms. The summed E-state index contributed by atoms with van der Waals surface area (Å²) >= 11 is 1.64. The molecule has 1 aromatic heterocycles. The Labute approximate surface area is 165 Å². The molecule has 1 aliphatic rings. The van der Waals surface area contributed by atoms with E-state index in [0.717, 1.165) is 42.5 Å². The van der Waals surface area contributed by atoms with Crippen LogP contribution in [0.25, 0.3) is 0 Å². The number of nitrogens with zero attached hydrogens (tertiary/aromatic N) is 1. The Morgan fingerprint density at radius 3 is 2.70 bits per heavy atom. The van der Waals surface area contributed by atoms with Gasteiger partial charge in [-0.1, -0.05) is 50.1 Å². The van der Waals surface area contributed by atoms with Gasteiger partial charge in [0, 0.05) is 17.8 Å². The first kappa shape index (κ1) is 19.6. The van der Waals surface area contributed by atoms with Gasteiger partial charge in [0.15, 0.2) is 0 Å². The number of hydrogen-bond acceptors (Lipinski definition) is 3.